The highest BCUT2D eigenvalue weighted by Crippen LogP contribution is 2.27. The second kappa shape index (κ2) is 8.97. The number of carbonyl (C=O) groups is 1. The van der Waals surface area contributed by atoms with Gasteiger partial charge in [-0.3, -0.25) is 0 Å². The molecule has 1 aromatic heterocycles. The third kappa shape index (κ3) is 6.57. The second-order valence-corrected chi connectivity index (χ2v) is 5.29. The Labute approximate surface area is 153 Å². The van der Waals surface area contributed by atoms with Crippen LogP contribution < -0.4 is 24.8 Å². The molecular formula is C17H18F3N3O4. The maximum absolute atomic E-state index is 12.1. The summed E-state index contributed by atoms with van der Waals surface area (Å²) in [6, 6.07) is 7.33. The van der Waals surface area contributed by atoms with E-state index >= 15 is 0 Å². The summed E-state index contributed by atoms with van der Waals surface area (Å²) in [5.41, 5.74) is 1.09. The standard InChI is InChI=1S/C17H18F3N3O4/c1-25-13-5-3-11(7-14(13)26-2)8-22-16(24)23-12-4-6-15(21-9-12)27-10-17(18,19)20/h3-7,9H,8,10H2,1-2H3,(H2,22,23,24). The van der Waals surface area contributed by atoms with Crippen molar-refractivity contribution in [2.45, 2.75) is 12.7 Å². The van der Waals surface area contributed by atoms with Crippen molar-refractivity contribution in [1.29, 1.82) is 0 Å². The molecule has 10 heteroatoms. The molecule has 1 aromatic carbocycles. The highest BCUT2D eigenvalue weighted by Gasteiger charge is 2.28. The summed E-state index contributed by atoms with van der Waals surface area (Å²) in [5.74, 6) is 0.920. The van der Waals surface area contributed by atoms with Gasteiger partial charge in [-0.2, -0.15) is 13.2 Å². The third-order valence-corrected chi connectivity index (χ3v) is 3.28. The molecule has 0 spiro atoms. The molecule has 27 heavy (non-hydrogen) atoms. The molecule has 2 aromatic rings. The minimum Gasteiger partial charge on any atom is -0.493 e. The predicted molar refractivity (Wildman–Crippen MR) is 91.2 cm³/mol. The maximum Gasteiger partial charge on any atom is 0.422 e. The zero-order valence-electron chi connectivity index (χ0n) is 14.6. The molecule has 0 saturated carbocycles. The van der Waals surface area contributed by atoms with E-state index in [4.69, 9.17) is 9.47 Å². The first-order valence-electron chi connectivity index (χ1n) is 7.72. The summed E-state index contributed by atoms with van der Waals surface area (Å²) < 4.78 is 51.0. The summed E-state index contributed by atoms with van der Waals surface area (Å²) in [4.78, 5) is 15.6. The Balaban J connectivity index is 1.85. The number of anilines is 1. The van der Waals surface area contributed by atoms with Gasteiger partial charge in [0.25, 0.3) is 0 Å². The van der Waals surface area contributed by atoms with Crippen LogP contribution in [-0.2, 0) is 6.54 Å². The summed E-state index contributed by atoms with van der Waals surface area (Å²) >= 11 is 0. The van der Waals surface area contributed by atoms with Gasteiger partial charge in [0.1, 0.15) is 0 Å². The van der Waals surface area contributed by atoms with E-state index in [9.17, 15) is 18.0 Å². The van der Waals surface area contributed by atoms with Crippen LogP contribution >= 0.6 is 0 Å². The highest BCUT2D eigenvalue weighted by atomic mass is 19.4. The van der Waals surface area contributed by atoms with E-state index in [0.29, 0.717) is 17.2 Å². The smallest absolute Gasteiger partial charge is 0.422 e. The van der Waals surface area contributed by atoms with Crippen LogP contribution in [0, 0.1) is 0 Å². The first kappa shape index (κ1) is 20.1. The lowest BCUT2D eigenvalue weighted by atomic mass is 10.2. The number of carbonyl (C=O) groups excluding carboxylic acids is 1. The molecule has 146 valence electrons. The van der Waals surface area contributed by atoms with Gasteiger partial charge >= 0.3 is 12.2 Å². The zero-order valence-corrected chi connectivity index (χ0v) is 14.6. The van der Waals surface area contributed by atoms with E-state index in [0.717, 1.165) is 5.56 Å². The Bertz CT molecular complexity index is 767. The van der Waals surface area contributed by atoms with E-state index < -0.39 is 18.8 Å². The Morgan fingerprint density at radius 2 is 1.85 bits per heavy atom. The molecule has 0 bridgehead atoms. The van der Waals surface area contributed by atoms with Crippen molar-refractivity contribution in [3.8, 4) is 17.4 Å². The summed E-state index contributed by atoms with van der Waals surface area (Å²) in [6.45, 7) is -1.20. The molecule has 0 saturated heterocycles. The van der Waals surface area contributed by atoms with Gasteiger partial charge < -0.3 is 24.8 Å². The Morgan fingerprint density at radius 3 is 2.44 bits per heavy atom. The molecule has 2 rings (SSSR count). The van der Waals surface area contributed by atoms with Crippen LogP contribution in [0.25, 0.3) is 0 Å². The first-order chi connectivity index (χ1) is 12.8. The predicted octanol–water partition coefficient (Wildman–Crippen LogP) is 3.36. The van der Waals surface area contributed by atoms with Crippen LogP contribution in [0.15, 0.2) is 36.5 Å². The maximum atomic E-state index is 12.1. The third-order valence-electron chi connectivity index (χ3n) is 3.28. The molecule has 0 radical (unpaired) electrons. The number of amides is 2. The quantitative estimate of drug-likeness (QED) is 0.764. The fourth-order valence-corrected chi connectivity index (χ4v) is 2.04. The number of ether oxygens (including phenoxy) is 3. The monoisotopic (exact) mass is 385 g/mol. The lowest BCUT2D eigenvalue weighted by Crippen LogP contribution is -2.28. The van der Waals surface area contributed by atoms with Crippen LogP contribution in [0.2, 0.25) is 0 Å². The van der Waals surface area contributed by atoms with Gasteiger partial charge in [0, 0.05) is 12.6 Å². The van der Waals surface area contributed by atoms with Gasteiger partial charge in [0.15, 0.2) is 18.1 Å². The van der Waals surface area contributed by atoms with Gasteiger partial charge in [-0.25, -0.2) is 9.78 Å². The molecule has 0 atom stereocenters. The summed E-state index contributed by atoms with van der Waals surface area (Å²) in [5, 5.41) is 5.16. The van der Waals surface area contributed by atoms with Crippen molar-refractivity contribution < 1.29 is 32.2 Å². The van der Waals surface area contributed by atoms with Gasteiger partial charge in [-0.15, -0.1) is 0 Å². The molecule has 0 aliphatic heterocycles. The van der Waals surface area contributed by atoms with E-state index in [1.807, 2.05) is 0 Å². The van der Waals surface area contributed by atoms with Gasteiger partial charge in [-0.1, -0.05) is 6.07 Å². The highest BCUT2D eigenvalue weighted by molar-refractivity contribution is 5.88. The van der Waals surface area contributed by atoms with Gasteiger partial charge in [0.05, 0.1) is 26.1 Å². The molecule has 0 fully saturated rings. The number of rotatable bonds is 7. The SMILES string of the molecule is COc1ccc(CNC(=O)Nc2ccc(OCC(F)(F)F)nc2)cc1OC. The van der Waals surface area contributed by atoms with Crippen LogP contribution in [0.4, 0.5) is 23.7 Å². The second-order valence-electron chi connectivity index (χ2n) is 5.29. The number of urea groups is 1. The molecule has 1 heterocycles. The number of nitrogens with zero attached hydrogens (tertiary/aromatic N) is 1. The molecule has 0 unspecified atom stereocenters. The summed E-state index contributed by atoms with van der Waals surface area (Å²) in [7, 11) is 3.04. The normalized spacial score (nSPS) is 10.9. The van der Waals surface area contributed by atoms with Crippen molar-refractivity contribution in [1.82, 2.24) is 10.3 Å². The number of pyridine rings is 1. The molecule has 2 N–H and O–H groups in total. The zero-order chi connectivity index (χ0) is 19.9. The van der Waals surface area contributed by atoms with E-state index in [1.165, 1.54) is 32.5 Å². The van der Waals surface area contributed by atoms with Gasteiger partial charge in [-0.05, 0) is 23.8 Å². The summed E-state index contributed by atoms with van der Waals surface area (Å²) in [6.07, 6.45) is -3.25. The van der Waals surface area contributed by atoms with Gasteiger partial charge in [0.2, 0.25) is 5.88 Å². The Kier molecular flexibility index (Phi) is 6.69. The van der Waals surface area contributed by atoms with Crippen LogP contribution in [0.5, 0.6) is 17.4 Å². The Morgan fingerprint density at radius 1 is 1.11 bits per heavy atom. The van der Waals surface area contributed by atoms with Crippen molar-refractivity contribution in [3.63, 3.8) is 0 Å². The average molecular weight is 385 g/mol. The molecular weight excluding hydrogens is 367 g/mol. The van der Waals surface area contributed by atoms with E-state index in [-0.39, 0.29) is 12.4 Å². The average Bonchev–Trinajstić information content (AvgIpc) is 2.65. The molecule has 2 amide bonds. The van der Waals surface area contributed by atoms with Crippen molar-refractivity contribution >= 4 is 11.7 Å². The largest absolute Gasteiger partial charge is 0.493 e. The number of benzene rings is 1. The van der Waals surface area contributed by atoms with Crippen molar-refractivity contribution in [3.05, 3.63) is 42.1 Å². The van der Waals surface area contributed by atoms with Crippen LogP contribution in [-0.4, -0.2) is 38.0 Å². The molecule has 0 aliphatic rings. The molecule has 0 aliphatic carbocycles. The van der Waals surface area contributed by atoms with Crippen molar-refractivity contribution in [2.24, 2.45) is 0 Å². The van der Waals surface area contributed by atoms with Crippen LogP contribution in [0.1, 0.15) is 5.56 Å². The number of aromatic nitrogens is 1. The number of halogens is 3. The number of alkyl halides is 3. The molecule has 7 nitrogen and oxygen atoms in total. The van der Waals surface area contributed by atoms with E-state index in [2.05, 4.69) is 20.4 Å². The topological polar surface area (TPSA) is 81.7 Å². The van der Waals surface area contributed by atoms with Crippen LogP contribution in [0.3, 0.4) is 0 Å². The minimum absolute atomic E-state index is 0.191. The fraction of sp³-hybridized carbons (Fsp3) is 0.294. The minimum atomic E-state index is -4.44. The number of nitrogens with one attached hydrogen (secondary N) is 2. The van der Waals surface area contributed by atoms with E-state index in [1.54, 1.807) is 18.2 Å². The first-order valence-corrected chi connectivity index (χ1v) is 7.72. The van der Waals surface area contributed by atoms with Crippen molar-refractivity contribution in [2.75, 3.05) is 26.1 Å². The number of hydrogen-bond donors (Lipinski definition) is 2. The Hall–Kier alpha value is -3.17. The number of methoxy groups -OCH3 is 2. The fourth-order valence-electron chi connectivity index (χ4n) is 2.04. The lowest BCUT2D eigenvalue weighted by molar-refractivity contribution is -0.154. The lowest BCUT2D eigenvalue weighted by Gasteiger charge is -2.11. The number of hydrogen-bond acceptors (Lipinski definition) is 5.